The lowest BCUT2D eigenvalue weighted by Gasteiger charge is -2.34. The maximum atomic E-state index is 11.7. The van der Waals surface area contributed by atoms with E-state index in [-0.39, 0.29) is 12.0 Å². The van der Waals surface area contributed by atoms with Crippen LogP contribution in [0.3, 0.4) is 0 Å². The average Bonchev–Trinajstić information content (AvgIpc) is 2.30. The second-order valence-electron chi connectivity index (χ2n) is 4.07. The number of ether oxygens (including phenoxy) is 1. The van der Waals surface area contributed by atoms with E-state index >= 15 is 0 Å². The number of aliphatic hydroxyl groups excluding tert-OH is 1. The van der Waals surface area contributed by atoms with Crippen molar-refractivity contribution in [3.8, 4) is 0 Å². The summed E-state index contributed by atoms with van der Waals surface area (Å²) in [4.78, 5) is 13.8. The van der Waals surface area contributed by atoms with Gasteiger partial charge in [-0.2, -0.15) is 0 Å². The summed E-state index contributed by atoms with van der Waals surface area (Å²) in [7, 11) is 0. The third-order valence-corrected chi connectivity index (χ3v) is 3.54. The van der Waals surface area contributed by atoms with E-state index in [1.54, 1.807) is 0 Å². The maximum Gasteiger partial charge on any atom is 0.323 e. The molecule has 1 rings (SSSR count). The van der Waals surface area contributed by atoms with E-state index in [4.69, 9.17) is 4.74 Å². The van der Waals surface area contributed by atoms with Crippen LogP contribution in [0.1, 0.15) is 26.2 Å². The van der Waals surface area contributed by atoms with Crippen LogP contribution in [0.15, 0.2) is 0 Å². The Bertz CT molecular complexity index is 225. The number of carbonyl (C=O) groups excluding carboxylic acids is 1. The van der Waals surface area contributed by atoms with E-state index in [0.717, 1.165) is 25.8 Å². The molecule has 1 heterocycles. The molecule has 94 valence electrons. The maximum absolute atomic E-state index is 11.7. The Hall–Kier alpha value is -0.130. The molecule has 0 radical (unpaired) electrons. The van der Waals surface area contributed by atoms with Gasteiger partial charge >= 0.3 is 5.97 Å². The fourth-order valence-electron chi connectivity index (χ4n) is 2.03. The van der Waals surface area contributed by atoms with E-state index in [0.29, 0.717) is 18.5 Å². The minimum Gasteiger partial charge on any atom is -0.465 e. The Morgan fingerprint density at radius 2 is 2.38 bits per heavy atom. The summed E-state index contributed by atoms with van der Waals surface area (Å²) >= 11 is 3.24. The number of hydrogen-bond donors (Lipinski definition) is 1. The number of nitrogens with zero attached hydrogens (tertiary/aromatic N) is 1. The highest BCUT2D eigenvalue weighted by molar-refractivity contribution is 9.09. The van der Waals surface area contributed by atoms with Gasteiger partial charge in [0, 0.05) is 11.9 Å². The Morgan fingerprint density at radius 3 is 3.00 bits per heavy atom. The van der Waals surface area contributed by atoms with Crippen LogP contribution in [0.25, 0.3) is 0 Å². The first kappa shape index (κ1) is 13.9. The van der Waals surface area contributed by atoms with Crippen LogP contribution < -0.4 is 0 Å². The lowest BCUT2D eigenvalue weighted by molar-refractivity contribution is -0.151. The fourth-order valence-corrected chi connectivity index (χ4v) is 2.24. The molecule has 5 heteroatoms. The van der Waals surface area contributed by atoms with Gasteiger partial charge in [0.15, 0.2) is 0 Å². The summed E-state index contributed by atoms with van der Waals surface area (Å²) in [5, 5.41) is 10.1. The number of likely N-dealkylation sites (tertiary alicyclic amines) is 1. The zero-order valence-corrected chi connectivity index (χ0v) is 11.3. The van der Waals surface area contributed by atoms with Crippen LogP contribution >= 0.6 is 15.9 Å². The van der Waals surface area contributed by atoms with E-state index < -0.39 is 6.10 Å². The molecule has 0 spiro atoms. The summed E-state index contributed by atoms with van der Waals surface area (Å²) in [6.07, 6.45) is 2.57. The van der Waals surface area contributed by atoms with Crippen LogP contribution in [0, 0.1) is 0 Å². The number of alkyl halides is 1. The normalized spacial score (nSPS) is 24.1. The molecule has 1 saturated heterocycles. The predicted molar refractivity (Wildman–Crippen MR) is 65.6 cm³/mol. The topological polar surface area (TPSA) is 49.8 Å². The third-order valence-electron chi connectivity index (χ3n) is 2.80. The molecule has 1 aliphatic rings. The number of carbonyl (C=O) groups is 1. The van der Waals surface area contributed by atoms with Crippen LogP contribution in [0.5, 0.6) is 0 Å². The van der Waals surface area contributed by atoms with E-state index in [1.807, 2.05) is 11.8 Å². The molecule has 1 aliphatic heterocycles. The summed E-state index contributed by atoms with van der Waals surface area (Å²) < 4.78 is 5.05. The number of rotatable bonds is 5. The molecule has 0 bridgehead atoms. The zero-order valence-electron chi connectivity index (χ0n) is 9.69. The monoisotopic (exact) mass is 293 g/mol. The minimum atomic E-state index is -0.421. The SMILES string of the molecule is CCOC(=O)C1CCCCN1CC(O)CBr. The third kappa shape index (κ3) is 4.03. The van der Waals surface area contributed by atoms with Crippen LogP contribution in [-0.4, -0.2) is 53.1 Å². The Morgan fingerprint density at radius 1 is 1.62 bits per heavy atom. The lowest BCUT2D eigenvalue weighted by Crippen LogP contribution is -2.48. The fraction of sp³-hybridized carbons (Fsp3) is 0.909. The van der Waals surface area contributed by atoms with Gasteiger partial charge in [-0.1, -0.05) is 22.4 Å². The van der Waals surface area contributed by atoms with Crippen molar-refractivity contribution in [1.29, 1.82) is 0 Å². The molecular weight excluding hydrogens is 274 g/mol. The molecule has 1 fully saturated rings. The van der Waals surface area contributed by atoms with Crippen molar-refractivity contribution in [2.75, 3.05) is 25.0 Å². The Labute approximate surface area is 105 Å². The summed E-state index contributed by atoms with van der Waals surface area (Å²) in [5.74, 6) is -0.149. The van der Waals surface area contributed by atoms with Crippen molar-refractivity contribution in [3.05, 3.63) is 0 Å². The zero-order chi connectivity index (χ0) is 12.0. The number of esters is 1. The highest BCUT2D eigenvalue weighted by atomic mass is 79.9. The van der Waals surface area contributed by atoms with Gasteiger partial charge in [-0.15, -0.1) is 0 Å². The summed E-state index contributed by atoms with van der Waals surface area (Å²) in [6, 6.07) is -0.164. The van der Waals surface area contributed by atoms with Gasteiger partial charge in [-0.25, -0.2) is 0 Å². The molecule has 0 aromatic rings. The smallest absolute Gasteiger partial charge is 0.323 e. The molecule has 0 aromatic carbocycles. The van der Waals surface area contributed by atoms with Crippen molar-refractivity contribution in [2.24, 2.45) is 0 Å². The highest BCUT2D eigenvalue weighted by Gasteiger charge is 2.30. The molecular formula is C11H20BrNO3. The van der Waals surface area contributed by atoms with Crippen LogP contribution in [0.2, 0.25) is 0 Å². The van der Waals surface area contributed by atoms with Crippen molar-refractivity contribution in [3.63, 3.8) is 0 Å². The molecule has 2 atom stereocenters. The largest absolute Gasteiger partial charge is 0.465 e. The quantitative estimate of drug-likeness (QED) is 0.610. The standard InChI is InChI=1S/C11H20BrNO3/c1-2-16-11(15)10-5-3-4-6-13(10)8-9(14)7-12/h9-10,14H,2-8H2,1H3. The van der Waals surface area contributed by atoms with Crippen molar-refractivity contribution in [1.82, 2.24) is 4.90 Å². The van der Waals surface area contributed by atoms with Crippen LogP contribution in [-0.2, 0) is 9.53 Å². The van der Waals surface area contributed by atoms with E-state index in [2.05, 4.69) is 15.9 Å². The molecule has 0 aliphatic carbocycles. The van der Waals surface area contributed by atoms with Gasteiger partial charge in [-0.05, 0) is 26.3 Å². The minimum absolute atomic E-state index is 0.149. The number of aliphatic hydroxyl groups is 1. The number of piperidine rings is 1. The number of β-amino-alcohol motifs (C(OH)–C–C–N with tert-alkyl or cyclic N) is 1. The molecule has 1 N–H and O–H groups in total. The summed E-state index contributed by atoms with van der Waals surface area (Å²) in [6.45, 7) is 3.64. The van der Waals surface area contributed by atoms with Gasteiger partial charge < -0.3 is 9.84 Å². The van der Waals surface area contributed by atoms with E-state index in [9.17, 15) is 9.90 Å². The Balaban J connectivity index is 2.52. The summed E-state index contributed by atoms with van der Waals surface area (Å²) in [5.41, 5.74) is 0. The van der Waals surface area contributed by atoms with Gasteiger partial charge in [0.1, 0.15) is 6.04 Å². The van der Waals surface area contributed by atoms with Gasteiger partial charge in [0.05, 0.1) is 12.7 Å². The first-order valence-electron chi connectivity index (χ1n) is 5.83. The molecule has 16 heavy (non-hydrogen) atoms. The van der Waals surface area contributed by atoms with Crippen molar-refractivity contribution < 1.29 is 14.6 Å². The number of hydrogen-bond acceptors (Lipinski definition) is 4. The first-order valence-corrected chi connectivity index (χ1v) is 6.96. The lowest BCUT2D eigenvalue weighted by atomic mass is 10.0. The second-order valence-corrected chi connectivity index (χ2v) is 4.71. The predicted octanol–water partition coefficient (Wildman–Crippen LogP) is 1.16. The van der Waals surface area contributed by atoms with Crippen LogP contribution in [0.4, 0.5) is 0 Å². The first-order chi connectivity index (χ1) is 7.69. The van der Waals surface area contributed by atoms with E-state index in [1.165, 1.54) is 0 Å². The number of halogens is 1. The molecule has 0 aromatic heterocycles. The highest BCUT2D eigenvalue weighted by Crippen LogP contribution is 2.18. The van der Waals surface area contributed by atoms with Crippen molar-refractivity contribution in [2.45, 2.75) is 38.3 Å². The molecule has 0 saturated carbocycles. The van der Waals surface area contributed by atoms with Crippen molar-refractivity contribution >= 4 is 21.9 Å². The molecule has 0 amide bonds. The van der Waals surface area contributed by atoms with Gasteiger partial charge in [0.25, 0.3) is 0 Å². The molecule has 2 unspecified atom stereocenters. The van der Waals surface area contributed by atoms with Gasteiger partial charge in [-0.3, -0.25) is 9.69 Å². The molecule has 4 nitrogen and oxygen atoms in total. The second kappa shape index (κ2) is 7.25. The average molecular weight is 294 g/mol. The van der Waals surface area contributed by atoms with Gasteiger partial charge in [0.2, 0.25) is 0 Å². The Kier molecular flexibility index (Phi) is 6.31.